The van der Waals surface area contributed by atoms with Gasteiger partial charge in [0.1, 0.15) is 11.4 Å². The van der Waals surface area contributed by atoms with Gasteiger partial charge < -0.3 is 9.30 Å². The van der Waals surface area contributed by atoms with Crippen LogP contribution in [-0.2, 0) is 11.3 Å². The predicted molar refractivity (Wildman–Crippen MR) is 113 cm³/mol. The van der Waals surface area contributed by atoms with E-state index >= 15 is 0 Å². The highest BCUT2D eigenvalue weighted by molar-refractivity contribution is 6.31. The van der Waals surface area contributed by atoms with Crippen molar-refractivity contribution in [3.05, 3.63) is 79.8 Å². The molecule has 3 rings (SSSR count). The van der Waals surface area contributed by atoms with Crippen molar-refractivity contribution in [3.63, 3.8) is 0 Å². The Hall–Kier alpha value is -2.63. The maximum atomic E-state index is 13.7. The summed E-state index contributed by atoms with van der Waals surface area (Å²) >= 11 is 11.9. The van der Waals surface area contributed by atoms with E-state index in [0.717, 1.165) is 0 Å². The number of aromatic nitrogens is 1. The molecule has 0 spiro atoms. The van der Waals surface area contributed by atoms with Crippen LogP contribution in [0.5, 0.6) is 0 Å². The second kappa shape index (κ2) is 8.39. The third kappa shape index (κ3) is 3.80. The van der Waals surface area contributed by atoms with Crippen LogP contribution in [-0.4, -0.2) is 17.6 Å². The summed E-state index contributed by atoms with van der Waals surface area (Å²) < 4.78 is 20.4. The molecule has 7 heteroatoms. The molecule has 2 aromatic carbocycles. The molecule has 0 aliphatic rings. The van der Waals surface area contributed by atoms with Gasteiger partial charge in [0.2, 0.25) is 5.43 Å². The first kappa shape index (κ1) is 21.1. The van der Waals surface area contributed by atoms with Crippen LogP contribution in [0.3, 0.4) is 0 Å². The first-order chi connectivity index (χ1) is 13.8. The number of carbonyl (C=O) groups excluding carboxylic acids is 1. The number of pyridine rings is 1. The number of ether oxygens (including phenoxy) is 1. The SMILES string of the molecule is CCn1c(C)c(-c2ccc(Cl)cc2)c(=O)c(C(=O)OC)c1-c1ccc(F)c(Cl)c1. The van der Waals surface area contributed by atoms with E-state index in [1.54, 1.807) is 31.2 Å². The minimum atomic E-state index is -0.775. The fraction of sp³-hybridized carbons (Fsp3) is 0.182. The van der Waals surface area contributed by atoms with Gasteiger partial charge >= 0.3 is 5.97 Å². The molecule has 0 fully saturated rings. The summed E-state index contributed by atoms with van der Waals surface area (Å²) in [6, 6.07) is 10.9. The van der Waals surface area contributed by atoms with E-state index in [1.807, 2.05) is 11.5 Å². The fourth-order valence-electron chi connectivity index (χ4n) is 3.42. The molecule has 1 aromatic heterocycles. The van der Waals surface area contributed by atoms with Gasteiger partial charge in [-0.05, 0) is 49.7 Å². The summed E-state index contributed by atoms with van der Waals surface area (Å²) in [7, 11) is 1.21. The minimum absolute atomic E-state index is 0.104. The highest BCUT2D eigenvalue weighted by atomic mass is 35.5. The average Bonchev–Trinajstić information content (AvgIpc) is 2.70. The highest BCUT2D eigenvalue weighted by Gasteiger charge is 2.26. The lowest BCUT2D eigenvalue weighted by molar-refractivity contribution is 0.0599. The molecule has 0 amide bonds. The Kier molecular flexibility index (Phi) is 6.10. The van der Waals surface area contributed by atoms with Gasteiger partial charge in [0.05, 0.1) is 17.8 Å². The summed E-state index contributed by atoms with van der Waals surface area (Å²) in [5, 5.41) is 0.431. The zero-order valence-corrected chi connectivity index (χ0v) is 17.6. The van der Waals surface area contributed by atoms with Gasteiger partial charge in [-0.25, -0.2) is 9.18 Å². The van der Waals surface area contributed by atoms with E-state index in [0.29, 0.717) is 39.6 Å². The monoisotopic (exact) mass is 433 g/mol. The average molecular weight is 434 g/mol. The van der Waals surface area contributed by atoms with Crippen molar-refractivity contribution in [2.75, 3.05) is 7.11 Å². The summed E-state index contributed by atoms with van der Waals surface area (Å²) in [5.41, 5.74) is 1.84. The quantitative estimate of drug-likeness (QED) is 0.492. The predicted octanol–water partition coefficient (Wildman–Crippen LogP) is 5.74. The van der Waals surface area contributed by atoms with Gasteiger partial charge in [0.25, 0.3) is 0 Å². The number of hydrogen-bond acceptors (Lipinski definition) is 3. The maximum Gasteiger partial charge on any atom is 0.344 e. The van der Waals surface area contributed by atoms with E-state index in [9.17, 15) is 14.0 Å². The fourth-order valence-corrected chi connectivity index (χ4v) is 3.73. The summed E-state index contributed by atoms with van der Waals surface area (Å²) in [5.74, 6) is -1.36. The lowest BCUT2D eigenvalue weighted by Crippen LogP contribution is -2.26. The van der Waals surface area contributed by atoms with Crippen LogP contribution in [0, 0.1) is 12.7 Å². The van der Waals surface area contributed by atoms with Crippen LogP contribution in [0.15, 0.2) is 47.3 Å². The highest BCUT2D eigenvalue weighted by Crippen LogP contribution is 2.32. The van der Waals surface area contributed by atoms with Gasteiger partial charge in [0.15, 0.2) is 0 Å². The number of rotatable bonds is 4. The molecule has 0 atom stereocenters. The zero-order chi connectivity index (χ0) is 21.3. The standard InChI is InChI=1S/C22H18Cl2FNO3/c1-4-26-12(2)18(13-5-8-15(23)9-6-13)21(27)19(22(28)29-3)20(26)14-7-10-17(25)16(24)11-14/h5-11H,4H2,1-3H3. The van der Waals surface area contributed by atoms with Crippen molar-refractivity contribution in [1.82, 2.24) is 4.57 Å². The first-order valence-corrected chi connectivity index (χ1v) is 9.62. The van der Waals surface area contributed by atoms with E-state index in [-0.39, 0.29) is 10.6 Å². The van der Waals surface area contributed by atoms with Gasteiger partial charge in [0, 0.05) is 28.4 Å². The van der Waals surface area contributed by atoms with Crippen molar-refractivity contribution >= 4 is 29.2 Å². The van der Waals surface area contributed by atoms with Gasteiger partial charge in [-0.2, -0.15) is 0 Å². The minimum Gasteiger partial charge on any atom is -0.465 e. The second-order valence-electron chi connectivity index (χ2n) is 6.38. The first-order valence-electron chi connectivity index (χ1n) is 8.87. The summed E-state index contributed by atoms with van der Waals surface area (Å²) in [6.07, 6.45) is 0. The van der Waals surface area contributed by atoms with E-state index in [4.69, 9.17) is 27.9 Å². The Morgan fingerprint density at radius 3 is 2.28 bits per heavy atom. The molecule has 0 N–H and O–H groups in total. The number of carbonyl (C=O) groups is 1. The van der Waals surface area contributed by atoms with Gasteiger partial charge in [-0.15, -0.1) is 0 Å². The molecular formula is C22H18Cl2FNO3. The molecule has 0 bridgehead atoms. The van der Waals surface area contributed by atoms with Crippen LogP contribution in [0.4, 0.5) is 4.39 Å². The third-order valence-corrected chi connectivity index (χ3v) is 5.30. The number of nitrogens with zero attached hydrogens (tertiary/aromatic N) is 1. The second-order valence-corrected chi connectivity index (χ2v) is 7.23. The van der Waals surface area contributed by atoms with Crippen LogP contribution >= 0.6 is 23.2 Å². The molecule has 0 aliphatic carbocycles. The van der Waals surface area contributed by atoms with Crippen molar-refractivity contribution in [1.29, 1.82) is 0 Å². The van der Waals surface area contributed by atoms with Crippen LogP contribution < -0.4 is 5.43 Å². The maximum absolute atomic E-state index is 13.7. The molecule has 0 unspecified atom stereocenters. The van der Waals surface area contributed by atoms with E-state index < -0.39 is 17.2 Å². The molecule has 0 aliphatic heterocycles. The lowest BCUT2D eigenvalue weighted by Gasteiger charge is -2.22. The van der Waals surface area contributed by atoms with Gasteiger partial charge in [-0.1, -0.05) is 35.3 Å². The van der Waals surface area contributed by atoms with Crippen LogP contribution in [0.2, 0.25) is 10.0 Å². The Labute approximate surface area is 177 Å². The molecule has 3 aromatic rings. The molecule has 0 saturated heterocycles. The molecule has 29 heavy (non-hydrogen) atoms. The third-order valence-electron chi connectivity index (χ3n) is 4.76. The van der Waals surface area contributed by atoms with Crippen molar-refractivity contribution in [3.8, 4) is 22.4 Å². The van der Waals surface area contributed by atoms with Crippen molar-refractivity contribution in [2.24, 2.45) is 0 Å². The lowest BCUT2D eigenvalue weighted by atomic mass is 9.96. The Morgan fingerprint density at radius 2 is 1.72 bits per heavy atom. The Balaban J connectivity index is 2.45. The molecule has 0 saturated carbocycles. The molecular weight excluding hydrogens is 416 g/mol. The smallest absolute Gasteiger partial charge is 0.344 e. The zero-order valence-electron chi connectivity index (χ0n) is 16.1. The molecule has 150 valence electrons. The Morgan fingerprint density at radius 1 is 1.10 bits per heavy atom. The van der Waals surface area contributed by atoms with E-state index in [2.05, 4.69) is 0 Å². The summed E-state index contributed by atoms with van der Waals surface area (Å²) in [4.78, 5) is 26.1. The molecule has 0 radical (unpaired) electrons. The number of hydrogen-bond donors (Lipinski definition) is 0. The number of halogens is 3. The van der Waals surface area contributed by atoms with E-state index in [1.165, 1.54) is 25.3 Å². The number of benzene rings is 2. The van der Waals surface area contributed by atoms with Gasteiger partial charge in [-0.3, -0.25) is 4.79 Å². The largest absolute Gasteiger partial charge is 0.465 e. The number of methoxy groups -OCH3 is 1. The Bertz CT molecular complexity index is 1150. The topological polar surface area (TPSA) is 48.3 Å². The van der Waals surface area contributed by atoms with Crippen molar-refractivity contribution in [2.45, 2.75) is 20.4 Å². The van der Waals surface area contributed by atoms with Crippen LogP contribution in [0.25, 0.3) is 22.4 Å². The number of esters is 1. The summed E-state index contributed by atoms with van der Waals surface area (Å²) in [6.45, 7) is 4.14. The molecule has 4 nitrogen and oxygen atoms in total. The van der Waals surface area contributed by atoms with Crippen molar-refractivity contribution < 1.29 is 13.9 Å². The van der Waals surface area contributed by atoms with Crippen LogP contribution in [0.1, 0.15) is 23.0 Å². The molecule has 1 heterocycles. The normalized spacial score (nSPS) is 10.8.